The number of aliphatic hydroxyl groups is 1. The molecule has 0 saturated heterocycles. The number of ketones is 1. The molecule has 5 heteroatoms. The molecule has 0 spiro atoms. The van der Waals surface area contributed by atoms with Gasteiger partial charge in [-0.25, -0.2) is 0 Å². The molecule has 5 nitrogen and oxygen atoms in total. The van der Waals surface area contributed by atoms with Crippen LogP contribution in [0.2, 0.25) is 0 Å². The van der Waals surface area contributed by atoms with Crippen molar-refractivity contribution in [3.63, 3.8) is 0 Å². The minimum absolute atomic E-state index is 0.00640. The summed E-state index contributed by atoms with van der Waals surface area (Å²) in [4.78, 5) is 13.4. The number of aromatic hydroxyl groups is 3. The van der Waals surface area contributed by atoms with Crippen molar-refractivity contribution in [2.45, 2.75) is 53.6 Å². The lowest BCUT2D eigenvalue weighted by Crippen LogP contribution is -2.24. The summed E-state index contributed by atoms with van der Waals surface area (Å²) in [5.41, 5.74) is 4.49. The van der Waals surface area contributed by atoms with Gasteiger partial charge < -0.3 is 20.4 Å². The first-order valence-corrected chi connectivity index (χ1v) is 9.97. The lowest BCUT2D eigenvalue weighted by Gasteiger charge is -2.30. The van der Waals surface area contributed by atoms with Gasteiger partial charge in [-0.2, -0.15) is 0 Å². The molecular formula is C25H28O5. The fourth-order valence-corrected chi connectivity index (χ4v) is 4.03. The first-order chi connectivity index (χ1) is 14.0. The van der Waals surface area contributed by atoms with E-state index in [2.05, 4.69) is 0 Å². The summed E-state index contributed by atoms with van der Waals surface area (Å²) in [6.45, 7) is 9.59. The molecule has 1 aliphatic carbocycles. The van der Waals surface area contributed by atoms with Crippen molar-refractivity contribution < 1.29 is 25.2 Å². The number of hydrogen-bond donors (Lipinski definition) is 4. The van der Waals surface area contributed by atoms with Gasteiger partial charge in [-0.15, -0.1) is 0 Å². The van der Waals surface area contributed by atoms with E-state index in [1.165, 1.54) is 6.07 Å². The van der Waals surface area contributed by atoms with Crippen LogP contribution in [0, 0.1) is 6.92 Å². The molecule has 0 amide bonds. The van der Waals surface area contributed by atoms with Gasteiger partial charge in [0.15, 0.2) is 0 Å². The van der Waals surface area contributed by atoms with Crippen molar-refractivity contribution in [3.05, 3.63) is 74.4 Å². The quantitative estimate of drug-likeness (QED) is 0.547. The smallest absolute Gasteiger partial charge is 0.201 e. The molecule has 0 aliphatic heterocycles. The number of hydrogen-bond acceptors (Lipinski definition) is 5. The highest BCUT2D eigenvalue weighted by molar-refractivity contribution is 6.16. The number of carbonyl (C=O) groups is 1. The number of aliphatic hydroxyl groups excluding tert-OH is 1. The number of benzene rings is 2. The largest absolute Gasteiger partial charge is 0.508 e. The van der Waals surface area contributed by atoms with E-state index in [-0.39, 0.29) is 28.2 Å². The number of fused-ring (bicyclic) bond motifs is 2. The Kier molecular flexibility index (Phi) is 5.77. The van der Waals surface area contributed by atoms with E-state index in [1.54, 1.807) is 0 Å². The zero-order valence-electron chi connectivity index (χ0n) is 18.0. The molecule has 30 heavy (non-hydrogen) atoms. The van der Waals surface area contributed by atoms with Crippen LogP contribution in [0.4, 0.5) is 0 Å². The monoisotopic (exact) mass is 408 g/mol. The lowest BCUT2D eigenvalue weighted by molar-refractivity contribution is 0.101. The zero-order valence-corrected chi connectivity index (χ0v) is 18.0. The number of aryl methyl sites for hydroxylation is 1. The molecule has 0 fully saturated rings. The van der Waals surface area contributed by atoms with Gasteiger partial charge in [-0.1, -0.05) is 23.3 Å². The van der Waals surface area contributed by atoms with Gasteiger partial charge >= 0.3 is 0 Å². The molecular weight excluding hydrogens is 380 g/mol. The molecule has 0 radical (unpaired) electrons. The molecule has 1 aliphatic rings. The molecule has 0 heterocycles. The van der Waals surface area contributed by atoms with Crippen molar-refractivity contribution in [2.24, 2.45) is 0 Å². The average Bonchev–Trinajstić information content (AvgIpc) is 2.63. The average molecular weight is 408 g/mol. The van der Waals surface area contributed by atoms with E-state index in [9.17, 15) is 25.2 Å². The minimum Gasteiger partial charge on any atom is -0.508 e. The second kappa shape index (κ2) is 8.00. The number of phenolic OH excluding ortho intramolecular Hbond substituents is 3. The molecule has 3 rings (SSSR count). The maximum Gasteiger partial charge on any atom is 0.201 e. The summed E-state index contributed by atoms with van der Waals surface area (Å²) < 4.78 is 0. The first-order valence-electron chi connectivity index (χ1n) is 9.97. The molecule has 0 saturated carbocycles. The zero-order chi connectivity index (χ0) is 22.3. The number of phenols is 3. The molecule has 4 N–H and O–H groups in total. The van der Waals surface area contributed by atoms with Crippen LogP contribution < -0.4 is 0 Å². The van der Waals surface area contributed by atoms with E-state index in [4.69, 9.17) is 0 Å². The van der Waals surface area contributed by atoms with Gasteiger partial charge in [-0.3, -0.25) is 4.79 Å². The Bertz CT molecular complexity index is 1010. The van der Waals surface area contributed by atoms with E-state index in [0.29, 0.717) is 24.0 Å². The maximum absolute atomic E-state index is 13.4. The summed E-state index contributed by atoms with van der Waals surface area (Å²) >= 11 is 0. The molecule has 158 valence electrons. The Labute approximate surface area is 176 Å². The van der Waals surface area contributed by atoms with Crippen LogP contribution in [0.5, 0.6) is 17.2 Å². The maximum atomic E-state index is 13.4. The molecule has 2 aromatic rings. The van der Waals surface area contributed by atoms with Crippen LogP contribution in [0.1, 0.15) is 77.5 Å². The first kappa shape index (κ1) is 21.7. The Morgan fingerprint density at radius 1 is 0.833 bits per heavy atom. The Morgan fingerprint density at radius 3 is 1.83 bits per heavy atom. The highest BCUT2D eigenvalue weighted by Gasteiger charge is 2.39. The van der Waals surface area contributed by atoms with Crippen LogP contribution in [0.3, 0.4) is 0 Å². The third-order valence-electron chi connectivity index (χ3n) is 5.54. The number of carbonyl (C=O) groups excluding carboxylic acids is 1. The van der Waals surface area contributed by atoms with Gasteiger partial charge in [0.2, 0.25) is 5.78 Å². The SMILES string of the molecule is CC(C)=CCc1c(C)cc(O)c2c1C(O)c1c(CC=C(C)C)c(O)cc(O)c1C2=O. The molecule has 1 atom stereocenters. The third kappa shape index (κ3) is 3.61. The highest BCUT2D eigenvalue weighted by Crippen LogP contribution is 2.48. The second-order valence-electron chi connectivity index (χ2n) is 8.36. The third-order valence-corrected chi connectivity index (χ3v) is 5.54. The van der Waals surface area contributed by atoms with Gasteiger partial charge in [0, 0.05) is 22.8 Å². The Hall–Kier alpha value is -3.05. The summed E-state index contributed by atoms with van der Waals surface area (Å²) in [5.74, 6) is -1.38. The fraction of sp³-hybridized carbons (Fsp3) is 0.320. The van der Waals surface area contributed by atoms with Crippen LogP contribution >= 0.6 is 0 Å². The molecule has 2 aromatic carbocycles. The van der Waals surface area contributed by atoms with Crippen molar-refractivity contribution in [1.82, 2.24) is 0 Å². The molecule has 1 unspecified atom stereocenters. The number of allylic oxidation sites excluding steroid dienone is 4. The van der Waals surface area contributed by atoms with Crippen LogP contribution in [-0.2, 0) is 12.8 Å². The van der Waals surface area contributed by atoms with E-state index in [1.807, 2.05) is 46.8 Å². The lowest BCUT2D eigenvalue weighted by atomic mass is 9.75. The Morgan fingerprint density at radius 2 is 1.30 bits per heavy atom. The van der Waals surface area contributed by atoms with Crippen LogP contribution in [0.15, 0.2) is 35.4 Å². The molecule has 0 bridgehead atoms. The Balaban J connectivity index is 2.35. The predicted molar refractivity (Wildman–Crippen MR) is 116 cm³/mol. The summed E-state index contributed by atoms with van der Waals surface area (Å²) in [6.07, 6.45) is 3.41. The van der Waals surface area contributed by atoms with Gasteiger partial charge in [0.25, 0.3) is 0 Å². The van der Waals surface area contributed by atoms with Gasteiger partial charge in [-0.05, 0) is 64.7 Å². The summed E-state index contributed by atoms with van der Waals surface area (Å²) in [6, 6.07) is 2.64. The summed E-state index contributed by atoms with van der Waals surface area (Å²) in [5, 5.41) is 42.9. The normalized spacial score (nSPS) is 14.7. The molecule has 0 aromatic heterocycles. The van der Waals surface area contributed by atoms with E-state index >= 15 is 0 Å². The second-order valence-corrected chi connectivity index (χ2v) is 8.36. The van der Waals surface area contributed by atoms with Crippen molar-refractivity contribution >= 4 is 5.78 Å². The van der Waals surface area contributed by atoms with E-state index in [0.717, 1.165) is 28.3 Å². The highest BCUT2D eigenvalue weighted by atomic mass is 16.3. The van der Waals surface area contributed by atoms with Crippen molar-refractivity contribution in [3.8, 4) is 17.2 Å². The standard InChI is InChI=1S/C25H28O5/c1-12(2)6-8-15-14(5)10-18(27)22-20(15)24(29)21-16(9-7-13(3)4)17(26)11-19(28)23(21)25(22)30/h6-7,10-11,24,26-29H,8-9H2,1-5H3. The topological polar surface area (TPSA) is 98.0 Å². The predicted octanol–water partition coefficient (Wildman–Crippen LogP) is 4.76. The summed E-state index contributed by atoms with van der Waals surface area (Å²) in [7, 11) is 0. The number of rotatable bonds is 4. The van der Waals surface area contributed by atoms with Gasteiger partial charge in [0.1, 0.15) is 23.4 Å². The van der Waals surface area contributed by atoms with Crippen LogP contribution in [-0.4, -0.2) is 26.2 Å². The minimum atomic E-state index is -1.27. The van der Waals surface area contributed by atoms with Crippen LogP contribution in [0.25, 0.3) is 0 Å². The van der Waals surface area contributed by atoms with Crippen molar-refractivity contribution in [2.75, 3.05) is 0 Å². The van der Waals surface area contributed by atoms with Gasteiger partial charge in [0.05, 0.1) is 11.1 Å². The fourth-order valence-electron chi connectivity index (χ4n) is 4.03. The van der Waals surface area contributed by atoms with Crippen molar-refractivity contribution in [1.29, 1.82) is 0 Å². The van der Waals surface area contributed by atoms with E-state index < -0.39 is 17.6 Å².